The Balaban J connectivity index is 2.05. The Morgan fingerprint density at radius 3 is 2.78 bits per heavy atom. The van der Waals surface area contributed by atoms with Gasteiger partial charge < -0.3 is 10.3 Å². The van der Waals surface area contributed by atoms with E-state index in [1.54, 1.807) is 0 Å². The number of hydrogen-bond donors (Lipinski definition) is 1. The Bertz CT molecular complexity index is 519. The second-order valence-corrected chi connectivity index (χ2v) is 5.11. The average Bonchev–Trinajstić information content (AvgIpc) is 2.64. The van der Waals surface area contributed by atoms with Gasteiger partial charge in [-0.25, -0.2) is 4.98 Å². The van der Waals surface area contributed by atoms with E-state index in [0.29, 0.717) is 11.0 Å². The zero-order chi connectivity index (χ0) is 13.0. The van der Waals surface area contributed by atoms with Gasteiger partial charge in [-0.2, -0.15) is 0 Å². The first kappa shape index (κ1) is 13.2. The molecule has 1 heterocycles. The first-order valence-corrected chi connectivity index (χ1v) is 7.01. The lowest BCUT2D eigenvalue weighted by molar-refractivity contribution is 0.579. The number of imidazole rings is 1. The maximum atomic E-state index is 5.95. The first-order valence-electron chi connectivity index (χ1n) is 6.63. The van der Waals surface area contributed by atoms with E-state index < -0.39 is 0 Å². The SMILES string of the molecule is CCCCCCCn1c(N)nc2cc(Cl)ccc21. The van der Waals surface area contributed by atoms with E-state index in [2.05, 4.69) is 16.5 Å². The monoisotopic (exact) mass is 265 g/mol. The van der Waals surface area contributed by atoms with Gasteiger partial charge in [-0.3, -0.25) is 0 Å². The Hall–Kier alpha value is -1.22. The number of nitrogen functional groups attached to an aromatic ring is 1. The topological polar surface area (TPSA) is 43.8 Å². The fraction of sp³-hybridized carbons (Fsp3) is 0.500. The van der Waals surface area contributed by atoms with Crippen molar-refractivity contribution >= 4 is 28.6 Å². The molecule has 1 aromatic heterocycles. The summed E-state index contributed by atoms with van der Waals surface area (Å²) in [5.74, 6) is 0.586. The van der Waals surface area contributed by atoms with Gasteiger partial charge in [-0.15, -0.1) is 0 Å². The van der Waals surface area contributed by atoms with Crippen LogP contribution in [0.1, 0.15) is 39.0 Å². The fourth-order valence-corrected chi connectivity index (χ4v) is 2.40. The van der Waals surface area contributed by atoms with Crippen LogP contribution in [0.25, 0.3) is 11.0 Å². The molecule has 3 nitrogen and oxygen atoms in total. The van der Waals surface area contributed by atoms with Gasteiger partial charge in [-0.05, 0) is 24.6 Å². The molecule has 2 rings (SSSR count). The van der Waals surface area contributed by atoms with Crippen LogP contribution in [0.5, 0.6) is 0 Å². The minimum Gasteiger partial charge on any atom is -0.369 e. The highest BCUT2D eigenvalue weighted by Gasteiger charge is 2.07. The Labute approximate surface area is 113 Å². The number of anilines is 1. The predicted octanol–water partition coefficient (Wildman–Crippen LogP) is 4.24. The average molecular weight is 266 g/mol. The third kappa shape index (κ3) is 2.96. The molecule has 0 aliphatic carbocycles. The summed E-state index contributed by atoms with van der Waals surface area (Å²) in [6, 6.07) is 5.74. The summed E-state index contributed by atoms with van der Waals surface area (Å²) < 4.78 is 2.08. The largest absolute Gasteiger partial charge is 0.369 e. The van der Waals surface area contributed by atoms with Crippen LogP contribution < -0.4 is 5.73 Å². The third-order valence-corrected chi connectivity index (χ3v) is 3.46. The van der Waals surface area contributed by atoms with E-state index in [1.165, 1.54) is 25.7 Å². The predicted molar refractivity (Wildman–Crippen MR) is 77.9 cm³/mol. The molecule has 0 spiro atoms. The van der Waals surface area contributed by atoms with Crippen LogP contribution in [0.4, 0.5) is 5.95 Å². The van der Waals surface area contributed by atoms with Gasteiger partial charge in [0, 0.05) is 11.6 Å². The molecule has 4 heteroatoms. The van der Waals surface area contributed by atoms with Gasteiger partial charge in [0.05, 0.1) is 11.0 Å². The van der Waals surface area contributed by atoms with Gasteiger partial charge in [0.15, 0.2) is 0 Å². The number of halogens is 1. The van der Waals surface area contributed by atoms with E-state index in [9.17, 15) is 0 Å². The normalized spacial score (nSPS) is 11.2. The molecule has 0 amide bonds. The van der Waals surface area contributed by atoms with E-state index in [0.717, 1.165) is 24.0 Å². The molecular weight excluding hydrogens is 246 g/mol. The Morgan fingerprint density at radius 2 is 2.00 bits per heavy atom. The van der Waals surface area contributed by atoms with Crippen molar-refractivity contribution in [3.8, 4) is 0 Å². The Morgan fingerprint density at radius 1 is 1.22 bits per heavy atom. The Kier molecular flexibility index (Phi) is 4.48. The molecule has 2 aromatic rings. The van der Waals surface area contributed by atoms with Crippen molar-refractivity contribution in [1.82, 2.24) is 9.55 Å². The van der Waals surface area contributed by atoms with Crippen molar-refractivity contribution in [2.45, 2.75) is 45.6 Å². The number of fused-ring (bicyclic) bond motifs is 1. The molecule has 0 fully saturated rings. The van der Waals surface area contributed by atoms with Crippen molar-refractivity contribution in [2.75, 3.05) is 5.73 Å². The van der Waals surface area contributed by atoms with Gasteiger partial charge in [0.1, 0.15) is 0 Å². The number of nitrogens with zero attached hydrogens (tertiary/aromatic N) is 2. The fourth-order valence-electron chi connectivity index (χ4n) is 2.23. The number of unbranched alkanes of at least 4 members (excludes halogenated alkanes) is 4. The van der Waals surface area contributed by atoms with Crippen LogP contribution in [0.3, 0.4) is 0 Å². The minimum atomic E-state index is 0.586. The summed E-state index contributed by atoms with van der Waals surface area (Å²) in [6.45, 7) is 3.17. The highest BCUT2D eigenvalue weighted by atomic mass is 35.5. The molecule has 0 atom stereocenters. The number of aryl methyl sites for hydroxylation is 1. The molecule has 0 unspecified atom stereocenters. The summed E-state index contributed by atoms with van der Waals surface area (Å²) in [4.78, 5) is 4.35. The summed E-state index contributed by atoms with van der Waals surface area (Å²) in [5, 5.41) is 0.704. The summed E-state index contributed by atoms with van der Waals surface area (Å²) in [6.07, 6.45) is 6.29. The zero-order valence-corrected chi connectivity index (χ0v) is 11.6. The molecule has 0 saturated carbocycles. The summed E-state index contributed by atoms with van der Waals surface area (Å²) >= 11 is 5.95. The summed E-state index contributed by atoms with van der Waals surface area (Å²) in [5.41, 5.74) is 7.91. The molecule has 0 aliphatic rings. The van der Waals surface area contributed by atoms with Crippen molar-refractivity contribution in [3.05, 3.63) is 23.2 Å². The maximum Gasteiger partial charge on any atom is 0.201 e. The van der Waals surface area contributed by atoms with E-state index >= 15 is 0 Å². The number of aromatic nitrogens is 2. The zero-order valence-electron chi connectivity index (χ0n) is 10.8. The van der Waals surface area contributed by atoms with Crippen LogP contribution in [0.15, 0.2) is 18.2 Å². The van der Waals surface area contributed by atoms with Gasteiger partial charge in [0.25, 0.3) is 0 Å². The van der Waals surface area contributed by atoms with Crippen LogP contribution >= 0.6 is 11.6 Å². The standard InChI is InChI=1S/C14H20ClN3/c1-2-3-4-5-6-9-18-13-8-7-11(15)10-12(13)17-14(18)16/h7-8,10H,2-6,9H2,1H3,(H2,16,17). The molecule has 0 aliphatic heterocycles. The van der Waals surface area contributed by atoms with Crippen molar-refractivity contribution in [2.24, 2.45) is 0 Å². The van der Waals surface area contributed by atoms with Crippen LogP contribution in [-0.2, 0) is 6.54 Å². The number of hydrogen-bond acceptors (Lipinski definition) is 2. The van der Waals surface area contributed by atoms with Gasteiger partial charge in [-0.1, -0.05) is 44.2 Å². The molecule has 0 radical (unpaired) electrons. The lowest BCUT2D eigenvalue weighted by Crippen LogP contribution is -2.03. The molecule has 1 aromatic carbocycles. The lowest BCUT2D eigenvalue weighted by atomic mass is 10.1. The van der Waals surface area contributed by atoms with E-state index in [1.807, 2.05) is 18.2 Å². The molecule has 18 heavy (non-hydrogen) atoms. The molecule has 98 valence electrons. The quantitative estimate of drug-likeness (QED) is 0.794. The number of rotatable bonds is 6. The number of benzene rings is 1. The highest BCUT2D eigenvalue weighted by molar-refractivity contribution is 6.31. The second-order valence-electron chi connectivity index (χ2n) is 4.67. The smallest absolute Gasteiger partial charge is 0.201 e. The van der Waals surface area contributed by atoms with Crippen molar-refractivity contribution < 1.29 is 0 Å². The molecule has 0 saturated heterocycles. The summed E-state index contributed by atoms with van der Waals surface area (Å²) in [7, 11) is 0. The first-order chi connectivity index (χ1) is 8.72. The molecule has 2 N–H and O–H groups in total. The molecule has 0 bridgehead atoms. The van der Waals surface area contributed by atoms with Crippen LogP contribution in [0.2, 0.25) is 5.02 Å². The minimum absolute atomic E-state index is 0.586. The highest BCUT2D eigenvalue weighted by Crippen LogP contribution is 2.22. The van der Waals surface area contributed by atoms with Gasteiger partial charge >= 0.3 is 0 Å². The van der Waals surface area contributed by atoms with Crippen molar-refractivity contribution in [3.63, 3.8) is 0 Å². The molecular formula is C14H20ClN3. The van der Waals surface area contributed by atoms with Crippen LogP contribution in [0, 0.1) is 0 Å². The van der Waals surface area contributed by atoms with E-state index in [-0.39, 0.29) is 0 Å². The van der Waals surface area contributed by atoms with Crippen LogP contribution in [-0.4, -0.2) is 9.55 Å². The van der Waals surface area contributed by atoms with Gasteiger partial charge in [0.2, 0.25) is 5.95 Å². The van der Waals surface area contributed by atoms with Crippen molar-refractivity contribution in [1.29, 1.82) is 0 Å². The second kappa shape index (κ2) is 6.10. The third-order valence-electron chi connectivity index (χ3n) is 3.23. The lowest BCUT2D eigenvalue weighted by Gasteiger charge is -2.06. The number of nitrogens with two attached hydrogens (primary N) is 1. The maximum absolute atomic E-state index is 5.95. The van der Waals surface area contributed by atoms with E-state index in [4.69, 9.17) is 17.3 Å².